The van der Waals surface area contributed by atoms with Crippen LogP contribution in [0, 0.1) is 17.0 Å². The monoisotopic (exact) mass is 208 g/mol. The summed E-state index contributed by atoms with van der Waals surface area (Å²) in [6.45, 7) is 5.89. The van der Waals surface area contributed by atoms with Gasteiger partial charge in [0.2, 0.25) is 0 Å². The average Bonchev–Trinajstić information content (AvgIpc) is 2.20. The molecule has 1 atom stereocenters. The summed E-state index contributed by atoms with van der Waals surface area (Å²) in [5, 5.41) is 14.0. The van der Waals surface area contributed by atoms with Crippen molar-refractivity contribution in [2.45, 2.75) is 33.2 Å². The highest BCUT2D eigenvalue weighted by Gasteiger charge is 2.13. The predicted molar refractivity (Wildman–Crippen MR) is 61.2 cm³/mol. The van der Waals surface area contributed by atoms with E-state index in [1.54, 1.807) is 13.0 Å². The number of nitrogens with one attached hydrogen (secondary N) is 1. The van der Waals surface area contributed by atoms with Crippen LogP contribution in [-0.2, 0) is 0 Å². The minimum Gasteiger partial charge on any atom is -0.382 e. The number of rotatable bonds is 4. The first-order chi connectivity index (χ1) is 7.06. The van der Waals surface area contributed by atoms with E-state index < -0.39 is 0 Å². The Morgan fingerprint density at radius 3 is 2.73 bits per heavy atom. The van der Waals surface area contributed by atoms with Crippen LogP contribution in [0.5, 0.6) is 0 Å². The Hall–Kier alpha value is -1.58. The van der Waals surface area contributed by atoms with Gasteiger partial charge in [0.05, 0.1) is 4.92 Å². The third-order valence-electron chi connectivity index (χ3n) is 2.52. The lowest BCUT2D eigenvalue weighted by atomic mass is 10.1. The average molecular weight is 208 g/mol. The molecule has 0 aromatic heterocycles. The molecule has 0 fully saturated rings. The third-order valence-corrected chi connectivity index (χ3v) is 2.52. The number of nitro benzene ring substituents is 1. The standard InChI is InChI=1S/C11H16N2O2/c1-4-8(2)12-10-6-5-7-11(9(10)3)13(14)15/h5-8,12H,4H2,1-3H3. The Balaban J connectivity index is 2.99. The predicted octanol–water partition coefficient (Wildman–Crippen LogP) is 3.11. The Bertz CT molecular complexity index is 364. The summed E-state index contributed by atoms with van der Waals surface area (Å²) in [6, 6.07) is 5.42. The maximum Gasteiger partial charge on any atom is 0.274 e. The number of hydrogen-bond donors (Lipinski definition) is 1. The summed E-state index contributed by atoms with van der Waals surface area (Å²) >= 11 is 0. The molecule has 0 amide bonds. The molecule has 1 aromatic rings. The molecule has 0 heterocycles. The molecule has 0 aliphatic heterocycles. The Morgan fingerprint density at radius 1 is 1.53 bits per heavy atom. The van der Waals surface area contributed by atoms with Gasteiger partial charge in [0.15, 0.2) is 0 Å². The zero-order valence-electron chi connectivity index (χ0n) is 9.28. The van der Waals surface area contributed by atoms with Crippen LogP contribution in [-0.4, -0.2) is 11.0 Å². The molecule has 0 saturated heterocycles. The Morgan fingerprint density at radius 2 is 2.20 bits per heavy atom. The summed E-state index contributed by atoms with van der Waals surface area (Å²) in [5.74, 6) is 0. The van der Waals surface area contributed by atoms with Crippen LogP contribution >= 0.6 is 0 Å². The van der Waals surface area contributed by atoms with Gasteiger partial charge >= 0.3 is 0 Å². The summed E-state index contributed by atoms with van der Waals surface area (Å²) in [7, 11) is 0. The lowest BCUT2D eigenvalue weighted by Crippen LogP contribution is -2.14. The highest BCUT2D eigenvalue weighted by molar-refractivity contribution is 5.60. The lowest BCUT2D eigenvalue weighted by Gasteiger charge is -2.14. The molecule has 0 bridgehead atoms. The molecule has 1 N–H and O–H groups in total. The first-order valence-corrected chi connectivity index (χ1v) is 5.06. The van der Waals surface area contributed by atoms with Gasteiger partial charge in [-0.1, -0.05) is 13.0 Å². The second-order valence-corrected chi connectivity index (χ2v) is 3.66. The van der Waals surface area contributed by atoms with Crippen LogP contribution in [0.25, 0.3) is 0 Å². The fourth-order valence-corrected chi connectivity index (χ4v) is 1.35. The number of nitro groups is 1. The van der Waals surface area contributed by atoms with Crippen LogP contribution in [0.15, 0.2) is 18.2 Å². The van der Waals surface area contributed by atoms with Gasteiger partial charge in [0.1, 0.15) is 0 Å². The van der Waals surface area contributed by atoms with Crippen molar-refractivity contribution in [2.75, 3.05) is 5.32 Å². The van der Waals surface area contributed by atoms with Crippen molar-refractivity contribution < 1.29 is 4.92 Å². The van der Waals surface area contributed by atoms with Crippen molar-refractivity contribution in [3.05, 3.63) is 33.9 Å². The quantitative estimate of drug-likeness (QED) is 0.611. The van der Waals surface area contributed by atoms with E-state index in [0.717, 1.165) is 12.1 Å². The van der Waals surface area contributed by atoms with E-state index in [0.29, 0.717) is 11.6 Å². The van der Waals surface area contributed by atoms with Crippen LogP contribution in [0.4, 0.5) is 11.4 Å². The van der Waals surface area contributed by atoms with E-state index in [-0.39, 0.29) is 10.6 Å². The van der Waals surface area contributed by atoms with Crippen LogP contribution in [0.3, 0.4) is 0 Å². The highest BCUT2D eigenvalue weighted by Crippen LogP contribution is 2.25. The number of anilines is 1. The third kappa shape index (κ3) is 2.68. The van der Waals surface area contributed by atoms with Crippen LogP contribution in [0.2, 0.25) is 0 Å². The molecule has 1 aromatic carbocycles. The van der Waals surface area contributed by atoms with Crippen molar-refractivity contribution >= 4 is 11.4 Å². The smallest absolute Gasteiger partial charge is 0.274 e. The Kier molecular flexibility index (Phi) is 3.66. The molecule has 0 aliphatic carbocycles. The van der Waals surface area contributed by atoms with Gasteiger partial charge in [0, 0.05) is 23.4 Å². The maximum absolute atomic E-state index is 10.7. The van der Waals surface area contributed by atoms with Gasteiger partial charge in [0.25, 0.3) is 5.69 Å². The molecular weight excluding hydrogens is 192 g/mol. The number of benzene rings is 1. The SMILES string of the molecule is CCC(C)Nc1cccc([N+](=O)[O-])c1C. The number of hydrogen-bond acceptors (Lipinski definition) is 3. The van der Waals surface area contributed by atoms with Gasteiger partial charge in [-0.25, -0.2) is 0 Å². The Labute approximate surface area is 89.5 Å². The summed E-state index contributed by atoms with van der Waals surface area (Å²) < 4.78 is 0. The molecule has 1 unspecified atom stereocenters. The molecule has 0 aliphatic rings. The molecule has 15 heavy (non-hydrogen) atoms. The van der Waals surface area contributed by atoms with Gasteiger partial charge in [-0.3, -0.25) is 10.1 Å². The van der Waals surface area contributed by atoms with Gasteiger partial charge in [-0.15, -0.1) is 0 Å². The molecule has 0 radical (unpaired) electrons. The minimum absolute atomic E-state index is 0.170. The van der Waals surface area contributed by atoms with E-state index in [4.69, 9.17) is 0 Å². The minimum atomic E-state index is -0.350. The lowest BCUT2D eigenvalue weighted by molar-refractivity contribution is -0.385. The summed E-state index contributed by atoms with van der Waals surface area (Å²) in [4.78, 5) is 10.4. The van der Waals surface area contributed by atoms with E-state index in [2.05, 4.69) is 19.2 Å². The van der Waals surface area contributed by atoms with E-state index in [1.807, 2.05) is 6.07 Å². The second kappa shape index (κ2) is 4.77. The van der Waals surface area contributed by atoms with Crippen LogP contribution < -0.4 is 5.32 Å². The fraction of sp³-hybridized carbons (Fsp3) is 0.455. The second-order valence-electron chi connectivity index (χ2n) is 3.66. The van der Waals surface area contributed by atoms with Gasteiger partial charge < -0.3 is 5.32 Å². The molecule has 4 heteroatoms. The van der Waals surface area contributed by atoms with Crippen LogP contribution in [0.1, 0.15) is 25.8 Å². The normalized spacial score (nSPS) is 12.2. The zero-order chi connectivity index (χ0) is 11.4. The van der Waals surface area contributed by atoms with Crippen molar-refractivity contribution in [3.8, 4) is 0 Å². The van der Waals surface area contributed by atoms with Crippen molar-refractivity contribution in [1.82, 2.24) is 0 Å². The molecule has 0 spiro atoms. The van der Waals surface area contributed by atoms with Gasteiger partial charge in [-0.2, -0.15) is 0 Å². The first-order valence-electron chi connectivity index (χ1n) is 5.06. The summed E-state index contributed by atoms with van der Waals surface area (Å²) in [6.07, 6.45) is 0.988. The topological polar surface area (TPSA) is 55.2 Å². The van der Waals surface area contributed by atoms with Crippen molar-refractivity contribution in [3.63, 3.8) is 0 Å². The largest absolute Gasteiger partial charge is 0.382 e. The van der Waals surface area contributed by atoms with E-state index in [9.17, 15) is 10.1 Å². The zero-order valence-corrected chi connectivity index (χ0v) is 9.28. The highest BCUT2D eigenvalue weighted by atomic mass is 16.6. The maximum atomic E-state index is 10.7. The van der Waals surface area contributed by atoms with Gasteiger partial charge in [-0.05, 0) is 26.3 Å². The molecule has 4 nitrogen and oxygen atoms in total. The summed E-state index contributed by atoms with van der Waals surface area (Å²) in [5.41, 5.74) is 1.71. The molecule has 82 valence electrons. The number of nitrogens with zero attached hydrogens (tertiary/aromatic N) is 1. The molecule has 1 rings (SSSR count). The van der Waals surface area contributed by atoms with Crippen molar-refractivity contribution in [2.24, 2.45) is 0 Å². The fourth-order valence-electron chi connectivity index (χ4n) is 1.35. The van der Waals surface area contributed by atoms with Crippen molar-refractivity contribution in [1.29, 1.82) is 0 Å². The van der Waals surface area contributed by atoms with E-state index >= 15 is 0 Å². The van der Waals surface area contributed by atoms with E-state index in [1.165, 1.54) is 6.07 Å². The first kappa shape index (κ1) is 11.5. The molecule has 0 saturated carbocycles. The molecular formula is C11H16N2O2.